The van der Waals surface area contributed by atoms with Gasteiger partial charge in [-0.1, -0.05) is 0 Å². The first-order chi connectivity index (χ1) is 10.8. The topological polar surface area (TPSA) is 28.1 Å². The summed E-state index contributed by atoms with van der Waals surface area (Å²) in [5, 5.41) is 4.35. The van der Waals surface area contributed by atoms with Crippen LogP contribution in [0.1, 0.15) is 25.3 Å². The number of nitrogens with zero attached hydrogens (tertiary/aromatic N) is 3. The van der Waals surface area contributed by atoms with E-state index < -0.39 is 0 Å². The maximum absolute atomic E-state index is 5.48. The largest absolute Gasteiger partial charge is 0.381 e. The maximum Gasteiger partial charge on any atom is 0.128 e. The second-order valence-corrected chi connectivity index (χ2v) is 6.91. The predicted octanol–water partition coefficient (Wildman–Crippen LogP) is 3.41. The van der Waals surface area contributed by atoms with E-state index in [0.29, 0.717) is 5.92 Å². The van der Waals surface area contributed by atoms with Gasteiger partial charge in [-0.05, 0) is 42.2 Å². The van der Waals surface area contributed by atoms with Crippen molar-refractivity contribution in [2.75, 3.05) is 13.2 Å². The zero-order valence-corrected chi connectivity index (χ0v) is 13.6. The molecule has 22 heavy (non-hydrogen) atoms. The van der Waals surface area contributed by atoms with E-state index in [1.807, 2.05) is 6.21 Å². The van der Waals surface area contributed by atoms with E-state index in [0.717, 1.165) is 32.6 Å². The molecule has 1 saturated heterocycles. The lowest BCUT2D eigenvalue weighted by Crippen LogP contribution is -2.37. The van der Waals surface area contributed by atoms with Crippen molar-refractivity contribution >= 4 is 17.6 Å². The average Bonchev–Trinajstić information content (AvgIpc) is 3.18. The molecule has 0 spiro atoms. The van der Waals surface area contributed by atoms with Gasteiger partial charge in [-0.15, -0.1) is 0 Å². The zero-order valence-electron chi connectivity index (χ0n) is 12.8. The number of hydrogen-bond donors (Lipinski definition) is 0. The minimum absolute atomic E-state index is 0.258. The highest BCUT2D eigenvalue weighted by Crippen LogP contribution is 2.33. The zero-order chi connectivity index (χ0) is 14.9. The van der Waals surface area contributed by atoms with Gasteiger partial charge in [-0.2, -0.15) is 11.3 Å². The molecule has 0 saturated carbocycles. The number of allylic oxidation sites excluding steroid dienone is 2. The third-order valence-electron chi connectivity index (χ3n) is 4.63. The highest BCUT2D eigenvalue weighted by Gasteiger charge is 2.34. The molecule has 3 aliphatic rings. The summed E-state index contributed by atoms with van der Waals surface area (Å²) in [6, 6.07) is 2.19. The van der Waals surface area contributed by atoms with Crippen LogP contribution in [0.15, 0.2) is 45.6 Å². The van der Waals surface area contributed by atoms with Crippen molar-refractivity contribution in [3.63, 3.8) is 0 Å². The maximum atomic E-state index is 5.48. The van der Waals surface area contributed by atoms with Gasteiger partial charge >= 0.3 is 0 Å². The van der Waals surface area contributed by atoms with Crippen LogP contribution < -0.4 is 0 Å². The van der Waals surface area contributed by atoms with Crippen LogP contribution in [-0.2, 0) is 11.3 Å². The number of rotatable bonds is 3. The number of fused-ring (bicyclic) bond motifs is 1. The van der Waals surface area contributed by atoms with E-state index in [2.05, 4.69) is 45.9 Å². The fraction of sp³-hybridized carbons (Fsp3) is 0.471. The minimum Gasteiger partial charge on any atom is -0.381 e. The fourth-order valence-electron chi connectivity index (χ4n) is 3.34. The van der Waals surface area contributed by atoms with Gasteiger partial charge in [0.15, 0.2) is 0 Å². The summed E-state index contributed by atoms with van der Waals surface area (Å²) >= 11 is 1.75. The van der Waals surface area contributed by atoms with E-state index in [1.165, 1.54) is 17.0 Å². The van der Waals surface area contributed by atoms with Gasteiger partial charge in [0, 0.05) is 50.0 Å². The Labute approximate surface area is 135 Å². The van der Waals surface area contributed by atoms with Gasteiger partial charge in [0.25, 0.3) is 0 Å². The Hall–Kier alpha value is -1.59. The van der Waals surface area contributed by atoms with E-state index >= 15 is 0 Å². The molecular weight excluding hydrogens is 294 g/mol. The quantitative estimate of drug-likeness (QED) is 0.856. The summed E-state index contributed by atoms with van der Waals surface area (Å²) in [6.45, 7) is 4.85. The average molecular weight is 315 g/mol. The van der Waals surface area contributed by atoms with E-state index in [1.54, 1.807) is 11.3 Å². The summed E-state index contributed by atoms with van der Waals surface area (Å²) in [6.07, 6.45) is 9.00. The van der Waals surface area contributed by atoms with Gasteiger partial charge in [-0.3, -0.25) is 4.99 Å². The molecule has 1 aromatic heterocycles. The molecule has 3 aliphatic heterocycles. The lowest BCUT2D eigenvalue weighted by molar-refractivity contribution is 0.0448. The normalized spacial score (nSPS) is 25.2. The van der Waals surface area contributed by atoms with Gasteiger partial charge in [-0.25, -0.2) is 0 Å². The van der Waals surface area contributed by atoms with Crippen molar-refractivity contribution in [2.45, 2.75) is 32.5 Å². The molecule has 0 bridgehead atoms. The van der Waals surface area contributed by atoms with Crippen molar-refractivity contribution < 1.29 is 4.74 Å². The van der Waals surface area contributed by atoms with Crippen molar-refractivity contribution in [3.05, 3.63) is 46.2 Å². The van der Waals surface area contributed by atoms with Crippen LogP contribution in [0.5, 0.6) is 0 Å². The van der Waals surface area contributed by atoms with E-state index in [4.69, 9.17) is 9.73 Å². The van der Waals surface area contributed by atoms with E-state index in [-0.39, 0.29) is 6.17 Å². The second kappa shape index (κ2) is 5.89. The predicted molar refractivity (Wildman–Crippen MR) is 89.4 cm³/mol. The molecule has 0 amide bonds. The SMILES string of the molecule is CC1=CN2C(=CN1Cc1ccsc1)C=NC2C1CCOCC1. The molecule has 4 rings (SSSR count). The molecular formula is C17H21N3OS. The van der Waals surface area contributed by atoms with Crippen LogP contribution >= 0.6 is 11.3 Å². The number of aliphatic imine (C=N–C) groups is 1. The van der Waals surface area contributed by atoms with Crippen LogP contribution in [0.25, 0.3) is 0 Å². The molecule has 4 nitrogen and oxygen atoms in total. The first kappa shape index (κ1) is 14.0. The number of ether oxygens (including phenoxy) is 1. The molecule has 116 valence electrons. The Balaban J connectivity index is 1.51. The molecule has 1 fully saturated rings. The number of hydrogen-bond acceptors (Lipinski definition) is 5. The third kappa shape index (κ3) is 2.59. The number of thiophene rings is 1. The van der Waals surface area contributed by atoms with Crippen molar-refractivity contribution in [1.29, 1.82) is 0 Å². The first-order valence-corrected chi connectivity index (χ1v) is 8.83. The lowest BCUT2D eigenvalue weighted by Gasteiger charge is -2.36. The van der Waals surface area contributed by atoms with Crippen LogP contribution in [-0.4, -0.2) is 35.4 Å². The highest BCUT2D eigenvalue weighted by molar-refractivity contribution is 7.07. The smallest absolute Gasteiger partial charge is 0.128 e. The second-order valence-electron chi connectivity index (χ2n) is 6.13. The van der Waals surface area contributed by atoms with Gasteiger partial charge in [0.05, 0.1) is 5.70 Å². The van der Waals surface area contributed by atoms with Crippen LogP contribution in [0.2, 0.25) is 0 Å². The Morgan fingerprint density at radius 1 is 1.32 bits per heavy atom. The van der Waals surface area contributed by atoms with Gasteiger partial charge in [0.2, 0.25) is 0 Å². The minimum atomic E-state index is 0.258. The first-order valence-electron chi connectivity index (χ1n) is 7.88. The molecule has 1 unspecified atom stereocenters. The molecule has 1 aromatic rings. The summed E-state index contributed by atoms with van der Waals surface area (Å²) in [4.78, 5) is 9.43. The molecule has 0 aliphatic carbocycles. The van der Waals surface area contributed by atoms with Crippen LogP contribution in [0.3, 0.4) is 0 Å². The highest BCUT2D eigenvalue weighted by atomic mass is 32.1. The molecule has 0 radical (unpaired) electrons. The van der Waals surface area contributed by atoms with Crippen molar-refractivity contribution in [1.82, 2.24) is 9.80 Å². The lowest BCUT2D eigenvalue weighted by atomic mass is 9.96. The summed E-state index contributed by atoms with van der Waals surface area (Å²) in [5.41, 5.74) is 3.84. The summed E-state index contributed by atoms with van der Waals surface area (Å²) < 4.78 is 5.48. The summed E-state index contributed by atoms with van der Waals surface area (Å²) in [7, 11) is 0. The standard InChI is InChI=1S/C17H21N3OS/c1-13-9-20-16(11-19(13)10-14-4-7-22-12-14)8-18-17(20)15-2-5-21-6-3-15/h4,7-9,11-12,15,17H,2-3,5-6,10H2,1H3. The van der Waals surface area contributed by atoms with Crippen LogP contribution in [0, 0.1) is 5.92 Å². The molecule has 5 heteroatoms. The monoisotopic (exact) mass is 315 g/mol. The summed E-state index contributed by atoms with van der Waals surface area (Å²) in [5.74, 6) is 0.600. The van der Waals surface area contributed by atoms with Gasteiger partial charge in [0.1, 0.15) is 6.17 Å². The van der Waals surface area contributed by atoms with Crippen LogP contribution in [0.4, 0.5) is 0 Å². The van der Waals surface area contributed by atoms with E-state index in [9.17, 15) is 0 Å². The Kier molecular flexibility index (Phi) is 3.76. The van der Waals surface area contributed by atoms with Crippen molar-refractivity contribution in [3.8, 4) is 0 Å². The van der Waals surface area contributed by atoms with Crippen molar-refractivity contribution in [2.24, 2.45) is 10.9 Å². The molecule has 1 atom stereocenters. The molecule has 4 heterocycles. The Morgan fingerprint density at radius 3 is 2.95 bits per heavy atom. The Morgan fingerprint density at radius 2 is 2.18 bits per heavy atom. The Bertz CT molecular complexity index is 614. The molecule has 0 aromatic carbocycles. The molecule has 0 N–H and O–H groups in total. The van der Waals surface area contributed by atoms with Gasteiger partial charge < -0.3 is 14.5 Å². The third-order valence-corrected chi connectivity index (χ3v) is 5.36. The fourth-order valence-corrected chi connectivity index (χ4v) is 4.00.